The van der Waals surface area contributed by atoms with Crippen LogP contribution in [0.1, 0.15) is 6.92 Å². The lowest BCUT2D eigenvalue weighted by Gasteiger charge is -2.03. The lowest BCUT2D eigenvalue weighted by atomic mass is 10.3. The summed E-state index contributed by atoms with van der Waals surface area (Å²) in [6.45, 7) is 1.99. The molecule has 0 fully saturated rings. The van der Waals surface area contributed by atoms with Gasteiger partial charge in [-0.05, 0) is 31.2 Å². The number of nitrogens with two attached hydrogens (primary N) is 1. The van der Waals surface area contributed by atoms with Gasteiger partial charge in [-0.25, -0.2) is 0 Å². The van der Waals surface area contributed by atoms with Crippen LogP contribution in [0.4, 0.5) is 11.4 Å². The fraction of sp³-hybridized carbons (Fsp3) is 0.200. The van der Waals surface area contributed by atoms with Gasteiger partial charge < -0.3 is 16.4 Å². The highest BCUT2D eigenvalue weighted by Gasteiger charge is 1.88. The third-order valence-electron chi connectivity index (χ3n) is 1.76. The molecular weight excluding hydrogens is 162 g/mol. The molecular formula is C10H15N3. The van der Waals surface area contributed by atoms with Crippen molar-refractivity contribution in [2.45, 2.75) is 6.92 Å². The molecule has 0 saturated heterocycles. The number of benzene rings is 1. The van der Waals surface area contributed by atoms with Crippen LogP contribution in [0.25, 0.3) is 0 Å². The van der Waals surface area contributed by atoms with Gasteiger partial charge in [-0.2, -0.15) is 0 Å². The van der Waals surface area contributed by atoms with Crippen molar-refractivity contribution >= 4 is 11.4 Å². The molecule has 3 heteroatoms. The lowest BCUT2D eigenvalue weighted by Crippen LogP contribution is -2.03. The van der Waals surface area contributed by atoms with Crippen LogP contribution in [-0.4, -0.2) is 7.05 Å². The lowest BCUT2D eigenvalue weighted by molar-refractivity contribution is 0.986. The molecule has 0 bridgehead atoms. The third-order valence-corrected chi connectivity index (χ3v) is 1.76. The summed E-state index contributed by atoms with van der Waals surface area (Å²) in [7, 11) is 1.89. The number of allylic oxidation sites excluding steroid dienone is 1. The van der Waals surface area contributed by atoms with E-state index >= 15 is 0 Å². The maximum atomic E-state index is 5.55. The van der Waals surface area contributed by atoms with Crippen molar-refractivity contribution in [2.75, 3.05) is 18.1 Å². The van der Waals surface area contributed by atoms with Gasteiger partial charge in [0.15, 0.2) is 0 Å². The first-order valence-electron chi connectivity index (χ1n) is 4.19. The van der Waals surface area contributed by atoms with Crippen LogP contribution in [0.3, 0.4) is 0 Å². The number of nitrogens with one attached hydrogen (secondary N) is 2. The smallest absolute Gasteiger partial charge is 0.0381 e. The van der Waals surface area contributed by atoms with Gasteiger partial charge >= 0.3 is 0 Å². The quantitative estimate of drug-likeness (QED) is 0.617. The van der Waals surface area contributed by atoms with Crippen molar-refractivity contribution < 1.29 is 0 Å². The van der Waals surface area contributed by atoms with Gasteiger partial charge in [0.2, 0.25) is 0 Å². The number of rotatable bonds is 3. The Balaban J connectivity index is 2.60. The van der Waals surface area contributed by atoms with Crippen LogP contribution in [-0.2, 0) is 0 Å². The van der Waals surface area contributed by atoms with Gasteiger partial charge in [0.05, 0.1) is 0 Å². The van der Waals surface area contributed by atoms with E-state index in [-0.39, 0.29) is 0 Å². The largest absolute Gasteiger partial charge is 0.399 e. The summed E-state index contributed by atoms with van der Waals surface area (Å²) in [6, 6.07) is 7.61. The molecule has 4 N–H and O–H groups in total. The Bertz CT molecular complexity index is 288. The van der Waals surface area contributed by atoms with Gasteiger partial charge in [-0.15, -0.1) is 0 Å². The van der Waals surface area contributed by atoms with E-state index in [1.807, 2.05) is 44.4 Å². The van der Waals surface area contributed by atoms with Gasteiger partial charge in [-0.1, -0.05) is 0 Å². The fourth-order valence-corrected chi connectivity index (χ4v) is 0.843. The van der Waals surface area contributed by atoms with Crippen LogP contribution >= 0.6 is 0 Å². The molecule has 1 aromatic carbocycles. The Hall–Kier alpha value is -1.64. The molecule has 0 atom stereocenters. The molecule has 1 aromatic rings. The Morgan fingerprint density at radius 1 is 1.31 bits per heavy atom. The maximum Gasteiger partial charge on any atom is 0.0381 e. The number of hydrogen-bond donors (Lipinski definition) is 3. The summed E-state index contributed by atoms with van der Waals surface area (Å²) < 4.78 is 0. The SMILES string of the molecule is CN/C(C)=C\Nc1ccc(N)cc1. The molecule has 0 heterocycles. The van der Waals surface area contributed by atoms with Crippen molar-refractivity contribution in [3.63, 3.8) is 0 Å². The molecule has 0 saturated carbocycles. The average molecular weight is 177 g/mol. The summed E-state index contributed by atoms with van der Waals surface area (Å²) >= 11 is 0. The van der Waals surface area contributed by atoms with E-state index in [4.69, 9.17) is 5.73 Å². The highest BCUT2D eigenvalue weighted by molar-refractivity contribution is 5.52. The van der Waals surface area contributed by atoms with E-state index in [1.54, 1.807) is 0 Å². The average Bonchev–Trinajstić information content (AvgIpc) is 2.16. The predicted molar refractivity (Wildman–Crippen MR) is 57.3 cm³/mol. The molecule has 13 heavy (non-hydrogen) atoms. The third kappa shape index (κ3) is 3.07. The second-order valence-electron chi connectivity index (χ2n) is 2.84. The van der Waals surface area contributed by atoms with E-state index in [0.717, 1.165) is 17.1 Å². The van der Waals surface area contributed by atoms with Gasteiger partial charge in [0.1, 0.15) is 0 Å². The summed E-state index contributed by atoms with van der Waals surface area (Å²) in [5.41, 5.74) is 8.44. The van der Waals surface area contributed by atoms with Crippen molar-refractivity contribution in [3.8, 4) is 0 Å². The molecule has 0 aliphatic carbocycles. The minimum Gasteiger partial charge on any atom is -0.399 e. The number of anilines is 2. The van der Waals surface area contributed by atoms with Crippen LogP contribution in [0.2, 0.25) is 0 Å². The number of nitrogen functional groups attached to an aromatic ring is 1. The minimum absolute atomic E-state index is 0.778. The molecule has 0 radical (unpaired) electrons. The Labute approximate surface area is 78.6 Å². The van der Waals surface area contributed by atoms with Crippen molar-refractivity contribution in [3.05, 3.63) is 36.2 Å². The summed E-state index contributed by atoms with van der Waals surface area (Å²) in [5, 5.41) is 6.16. The Kier molecular flexibility index (Phi) is 3.20. The maximum absolute atomic E-state index is 5.55. The van der Waals surface area contributed by atoms with E-state index in [0.29, 0.717) is 0 Å². The first-order valence-corrected chi connectivity index (χ1v) is 4.19. The zero-order valence-corrected chi connectivity index (χ0v) is 7.96. The van der Waals surface area contributed by atoms with Gasteiger partial charge in [0, 0.05) is 30.3 Å². The van der Waals surface area contributed by atoms with Crippen LogP contribution in [0, 0.1) is 0 Å². The molecule has 0 unspecified atom stereocenters. The Morgan fingerprint density at radius 3 is 2.46 bits per heavy atom. The monoisotopic (exact) mass is 177 g/mol. The second-order valence-corrected chi connectivity index (χ2v) is 2.84. The van der Waals surface area contributed by atoms with E-state index in [1.165, 1.54) is 0 Å². The molecule has 0 aliphatic heterocycles. The predicted octanol–water partition coefficient (Wildman–Crippen LogP) is 1.76. The molecule has 1 rings (SSSR count). The zero-order chi connectivity index (χ0) is 9.68. The fourth-order valence-electron chi connectivity index (χ4n) is 0.843. The van der Waals surface area contributed by atoms with Crippen molar-refractivity contribution in [2.24, 2.45) is 0 Å². The molecule has 70 valence electrons. The van der Waals surface area contributed by atoms with Crippen LogP contribution in [0.5, 0.6) is 0 Å². The first kappa shape index (κ1) is 9.45. The molecule has 0 amide bonds. The van der Waals surface area contributed by atoms with E-state index in [9.17, 15) is 0 Å². The van der Waals surface area contributed by atoms with Gasteiger partial charge in [0.25, 0.3) is 0 Å². The van der Waals surface area contributed by atoms with Crippen LogP contribution < -0.4 is 16.4 Å². The second kappa shape index (κ2) is 4.40. The van der Waals surface area contributed by atoms with E-state index in [2.05, 4.69) is 10.6 Å². The first-order chi connectivity index (χ1) is 6.22. The summed E-state index contributed by atoms with van der Waals surface area (Å²) in [6.07, 6.45) is 1.91. The van der Waals surface area contributed by atoms with Crippen LogP contribution in [0.15, 0.2) is 36.2 Å². The summed E-state index contributed by atoms with van der Waals surface area (Å²) in [5.74, 6) is 0. The molecule has 0 spiro atoms. The normalized spacial score (nSPS) is 11.1. The molecule has 0 aliphatic rings. The highest BCUT2D eigenvalue weighted by Crippen LogP contribution is 2.10. The molecule has 0 aromatic heterocycles. The number of hydrogen-bond acceptors (Lipinski definition) is 3. The minimum atomic E-state index is 0.778. The summed E-state index contributed by atoms with van der Waals surface area (Å²) in [4.78, 5) is 0. The standard InChI is InChI=1S/C10H15N3/c1-8(12-2)7-13-10-5-3-9(11)4-6-10/h3-7,12-13H,11H2,1-2H3/b8-7-. The van der Waals surface area contributed by atoms with E-state index < -0.39 is 0 Å². The molecule has 3 nitrogen and oxygen atoms in total. The topological polar surface area (TPSA) is 50.1 Å². The van der Waals surface area contributed by atoms with Gasteiger partial charge in [-0.3, -0.25) is 0 Å². The van der Waals surface area contributed by atoms with Crippen molar-refractivity contribution in [1.29, 1.82) is 0 Å². The Morgan fingerprint density at radius 2 is 1.92 bits per heavy atom. The highest BCUT2D eigenvalue weighted by atomic mass is 14.9. The zero-order valence-electron chi connectivity index (χ0n) is 7.96. The van der Waals surface area contributed by atoms with Crippen molar-refractivity contribution in [1.82, 2.24) is 5.32 Å².